The number of halogens is 1. The lowest BCUT2D eigenvalue weighted by Gasteiger charge is -2.15. The molecule has 0 aliphatic rings. The first kappa shape index (κ1) is 14.9. The fourth-order valence-corrected chi connectivity index (χ4v) is 2.35. The third kappa shape index (κ3) is 3.74. The van der Waals surface area contributed by atoms with Crippen LogP contribution in [-0.4, -0.2) is 12.2 Å². The lowest BCUT2D eigenvalue weighted by molar-refractivity contribution is 0.190. The van der Waals surface area contributed by atoms with E-state index in [1.165, 1.54) is 0 Å². The van der Waals surface area contributed by atoms with E-state index in [9.17, 15) is 5.11 Å². The molecule has 0 spiro atoms. The van der Waals surface area contributed by atoms with E-state index in [4.69, 9.17) is 9.47 Å². The molecular weight excluding hydrogens is 320 g/mol. The van der Waals surface area contributed by atoms with E-state index >= 15 is 0 Å². The summed E-state index contributed by atoms with van der Waals surface area (Å²) in [6, 6.07) is 13.4. The second kappa shape index (κ2) is 6.77. The predicted molar refractivity (Wildman–Crippen MR) is 82.1 cm³/mol. The number of hydrogen-bond donors (Lipinski definition) is 1. The Kier molecular flexibility index (Phi) is 5.04. The summed E-state index contributed by atoms with van der Waals surface area (Å²) < 4.78 is 12.0. The van der Waals surface area contributed by atoms with Gasteiger partial charge in [-0.15, -0.1) is 0 Å². The van der Waals surface area contributed by atoms with Gasteiger partial charge in [-0.05, 0) is 36.8 Å². The normalized spacial score (nSPS) is 12.0. The number of hydrogen-bond acceptors (Lipinski definition) is 3. The van der Waals surface area contributed by atoms with Crippen LogP contribution in [0.2, 0.25) is 0 Å². The molecule has 4 heteroatoms. The average Bonchev–Trinajstić information content (AvgIpc) is 2.44. The minimum atomic E-state index is -0.585. The highest BCUT2D eigenvalue weighted by molar-refractivity contribution is 9.10. The summed E-state index contributed by atoms with van der Waals surface area (Å²) in [4.78, 5) is 0. The number of methoxy groups -OCH3 is 1. The van der Waals surface area contributed by atoms with Gasteiger partial charge in [0, 0.05) is 16.1 Å². The molecule has 0 radical (unpaired) electrons. The quantitative estimate of drug-likeness (QED) is 0.893. The Balaban J connectivity index is 2.19. The smallest absolute Gasteiger partial charge is 0.129 e. The standard InChI is InChI=1S/C16H17BrO3/c1-11(18)15-7-6-14(19-2)9-16(15)20-10-12-4-3-5-13(17)8-12/h3-9,11,18H,10H2,1-2H3. The van der Waals surface area contributed by atoms with Crippen LogP contribution in [0.4, 0.5) is 0 Å². The summed E-state index contributed by atoms with van der Waals surface area (Å²) in [5.74, 6) is 1.35. The Morgan fingerprint density at radius 2 is 2.00 bits per heavy atom. The molecule has 1 N–H and O–H groups in total. The fourth-order valence-electron chi connectivity index (χ4n) is 1.90. The second-order valence-electron chi connectivity index (χ2n) is 4.50. The van der Waals surface area contributed by atoms with E-state index in [0.717, 1.165) is 15.6 Å². The van der Waals surface area contributed by atoms with Gasteiger partial charge >= 0.3 is 0 Å². The molecule has 0 saturated carbocycles. The highest BCUT2D eigenvalue weighted by atomic mass is 79.9. The lowest BCUT2D eigenvalue weighted by Crippen LogP contribution is -2.01. The number of aliphatic hydroxyl groups excluding tert-OH is 1. The van der Waals surface area contributed by atoms with Crippen LogP contribution >= 0.6 is 15.9 Å². The molecule has 1 unspecified atom stereocenters. The molecule has 0 bridgehead atoms. The molecule has 0 saturated heterocycles. The van der Waals surface area contributed by atoms with E-state index in [0.29, 0.717) is 18.1 Å². The van der Waals surface area contributed by atoms with E-state index in [-0.39, 0.29) is 0 Å². The van der Waals surface area contributed by atoms with Gasteiger partial charge in [0.05, 0.1) is 13.2 Å². The third-order valence-corrected chi connectivity index (χ3v) is 3.45. The largest absolute Gasteiger partial charge is 0.497 e. The summed E-state index contributed by atoms with van der Waals surface area (Å²) in [6.07, 6.45) is -0.585. The number of aliphatic hydroxyl groups is 1. The molecule has 1 atom stereocenters. The van der Waals surface area contributed by atoms with Crippen molar-refractivity contribution in [3.63, 3.8) is 0 Å². The van der Waals surface area contributed by atoms with Gasteiger partial charge < -0.3 is 14.6 Å². The Bertz CT molecular complexity index is 582. The molecule has 2 aromatic carbocycles. The van der Waals surface area contributed by atoms with Crippen molar-refractivity contribution in [1.29, 1.82) is 0 Å². The van der Waals surface area contributed by atoms with Gasteiger partial charge in [-0.2, -0.15) is 0 Å². The van der Waals surface area contributed by atoms with Crippen molar-refractivity contribution in [1.82, 2.24) is 0 Å². The molecule has 0 aliphatic carbocycles. The second-order valence-corrected chi connectivity index (χ2v) is 5.41. The molecule has 106 valence electrons. The molecule has 20 heavy (non-hydrogen) atoms. The van der Waals surface area contributed by atoms with Gasteiger partial charge in [0.25, 0.3) is 0 Å². The van der Waals surface area contributed by atoms with Gasteiger partial charge in [0.15, 0.2) is 0 Å². The average molecular weight is 337 g/mol. The summed E-state index contributed by atoms with van der Waals surface area (Å²) in [6.45, 7) is 2.15. The van der Waals surface area contributed by atoms with Crippen molar-refractivity contribution < 1.29 is 14.6 Å². The van der Waals surface area contributed by atoms with Crippen LogP contribution in [0.5, 0.6) is 11.5 Å². The Morgan fingerprint density at radius 1 is 1.20 bits per heavy atom. The maximum atomic E-state index is 9.78. The predicted octanol–water partition coefficient (Wildman–Crippen LogP) is 4.09. The van der Waals surface area contributed by atoms with Gasteiger partial charge in [0.2, 0.25) is 0 Å². The summed E-state index contributed by atoms with van der Waals surface area (Å²) >= 11 is 3.43. The van der Waals surface area contributed by atoms with E-state index in [1.54, 1.807) is 20.1 Å². The first-order valence-electron chi connectivity index (χ1n) is 6.33. The highest BCUT2D eigenvalue weighted by Crippen LogP contribution is 2.30. The zero-order chi connectivity index (χ0) is 14.5. The van der Waals surface area contributed by atoms with Gasteiger partial charge in [-0.25, -0.2) is 0 Å². The molecule has 0 heterocycles. The first-order valence-corrected chi connectivity index (χ1v) is 7.12. The van der Waals surface area contributed by atoms with Crippen molar-refractivity contribution >= 4 is 15.9 Å². The van der Waals surface area contributed by atoms with Crippen LogP contribution in [0.25, 0.3) is 0 Å². The number of ether oxygens (including phenoxy) is 2. The van der Waals surface area contributed by atoms with Crippen molar-refractivity contribution in [3.8, 4) is 11.5 Å². The summed E-state index contributed by atoms with van der Waals surface area (Å²) in [5.41, 5.74) is 1.81. The number of benzene rings is 2. The molecule has 2 rings (SSSR count). The van der Waals surface area contributed by atoms with Crippen LogP contribution < -0.4 is 9.47 Å². The molecule has 3 nitrogen and oxygen atoms in total. The van der Waals surface area contributed by atoms with Crippen molar-refractivity contribution in [2.75, 3.05) is 7.11 Å². The Labute approximate surface area is 127 Å². The van der Waals surface area contributed by atoms with Crippen molar-refractivity contribution in [3.05, 3.63) is 58.1 Å². The van der Waals surface area contributed by atoms with Gasteiger partial charge in [-0.1, -0.05) is 28.1 Å². The third-order valence-electron chi connectivity index (χ3n) is 2.95. The van der Waals surface area contributed by atoms with Crippen molar-refractivity contribution in [2.24, 2.45) is 0 Å². The van der Waals surface area contributed by atoms with Crippen LogP contribution in [0.3, 0.4) is 0 Å². The van der Waals surface area contributed by atoms with E-state index < -0.39 is 6.10 Å². The van der Waals surface area contributed by atoms with Crippen LogP contribution in [-0.2, 0) is 6.61 Å². The highest BCUT2D eigenvalue weighted by Gasteiger charge is 2.11. The fraction of sp³-hybridized carbons (Fsp3) is 0.250. The summed E-state index contributed by atoms with van der Waals surface area (Å²) in [7, 11) is 1.61. The topological polar surface area (TPSA) is 38.7 Å². The van der Waals surface area contributed by atoms with Crippen molar-refractivity contribution in [2.45, 2.75) is 19.6 Å². The zero-order valence-corrected chi connectivity index (χ0v) is 13.1. The lowest BCUT2D eigenvalue weighted by atomic mass is 10.1. The molecular formula is C16H17BrO3. The van der Waals surface area contributed by atoms with Gasteiger partial charge in [-0.3, -0.25) is 0 Å². The minimum Gasteiger partial charge on any atom is -0.497 e. The number of rotatable bonds is 5. The maximum Gasteiger partial charge on any atom is 0.129 e. The molecule has 0 fully saturated rings. The van der Waals surface area contributed by atoms with E-state index in [1.807, 2.05) is 36.4 Å². The molecule has 0 aliphatic heterocycles. The summed E-state index contributed by atoms with van der Waals surface area (Å²) in [5, 5.41) is 9.78. The monoisotopic (exact) mass is 336 g/mol. The maximum absolute atomic E-state index is 9.78. The van der Waals surface area contributed by atoms with E-state index in [2.05, 4.69) is 15.9 Å². The van der Waals surface area contributed by atoms with Crippen LogP contribution in [0, 0.1) is 0 Å². The SMILES string of the molecule is COc1ccc(C(C)O)c(OCc2cccc(Br)c2)c1. The first-order chi connectivity index (χ1) is 9.60. The Hall–Kier alpha value is -1.52. The molecule has 0 amide bonds. The van der Waals surface area contributed by atoms with Crippen LogP contribution in [0.1, 0.15) is 24.2 Å². The van der Waals surface area contributed by atoms with Crippen LogP contribution in [0.15, 0.2) is 46.9 Å². The molecule has 2 aromatic rings. The van der Waals surface area contributed by atoms with Gasteiger partial charge in [0.1, 0.15) is 18.1 Å². The Morgan fingerprint density at radius 3 is 2.65 bits per heavy atom. The minimum absolute atomic E-state index is 0.437. The molecule has 0 aromatic heterocycles. The zero-order valence-electron chi connectivity index (χ0n) is 11.5.